The SMILES string of the molecule is CC(=O)Nc1c[nH]c2ccc(OCC[C@@H]3C[C@@H]4CN(CC(F)(F)F)C[C@@H]4C3)cc12. The summed E-state index contributed by atoms with van der Waals surface area (Å²) in [7, 11) is 0. The molecule has 1 aliphatic heterocycles. The van der Waals surface area contributed by atoms with Gasteiger partial charge in [-0.15, -0.1) is 0 Å². The molecule has 2 fully saturated rings. The second-order valence-electron chi connectivity index (χ2n) is 8.39. The van der Waals surface area contributed by atoms with E-state index >= 15 is 0 Å². The number of anilines is 1. The van der Waals surface area contributed by atoms with Crippen LogP contribution in [0.3, 0.4) is 0 Å². The number of benzene rings is 1. The molecule has 0 spiro atoms. The fraction of sp³-hybridized carbons (Fsp3) is 0.571. The Balaban J connectivity index is 1.26. The summed E-state index contributed by atoms with van der Waals surface area (Å²) in [4.78, 5) is 16.0. The van der Waals surface area contributed by atoms with E-state index in [2.05, 4.69) is 10.3 Å². The average Bonchev–Trinajstić information content (AvgIpc) is 3.26. The van der Waals surface area contributed by atoms with Gasteiger partial charge < -0.3 is 15.0 Å². The maximum absolute atomic E-state index is 12.6. The number of amides is 1. The Morgan fingerprint density at radius 1 is 1.28 bits per heavy atom. The molecule has 5 nitrogen and oxygen atoms in total. The molecule has 0 bridgehead atoms. The lowest BCUT2D eigenvalue weighted by atomic mass is 10.0. The van der Waals surface area contributed by atoms with Gasteiger partial charge in [0.15, 0.2) is 0 Å². The van der Waals surface area contributed by atoms with Crippen molar-refractivity contribution < 1.29 is 22.7 Å². The summed E-state index contributed by atoms with van der Waals surface area (Å²) < 4.78 is 43.6. The molecule has 29 heavy (non-hydrogen) atoms. The van der Waals surface area contributed by atoms with Crippen LogP contribution in [0.25, 0.3) is 10.9 Å². The summed E-state index contributed by atoms with van der Waals surface area (Å²) in [5.41, 5.74) is 1.65. The summed E-state index contributed by atoms with van der Waals surface area (Å²) in [5.74, 6) is 1.91. The highest BCUT2D eigenvalue weighted by atomic mass is 19.4. The van der Waals surface area contributed by atoms with Crippen molar-refractivity contribution in [1.29, 1.82) is 0 Å². The number of rotatable bonds is 6. The molecule has 2 aliphatic rings. The van der Waals surface area contributed by atoms with Crippen molar-refractivity contribution >= 4 is 22.5 Å². The predicted octanol–water partition coefficient (Wildman–Crippen LogP) is 4.42. The average molecular weight is 409 g/mol. The van der Waals surface area contributed by atoms with Gasteiger partial charge in [-0.05, 0) is 55.2 Å². The van der Waals surface area contributed by atoms with Crippen LogP contribution in [0.4, 0.5) is 18.9 Å². The molecule has 1 saturated heterocycles. The monoisotopic (exact) mass is 409 g/mol. The van der Waals surface area contributed by atoms with Gasteiger partial charge in [0.2, 0.25) is 5.91 Å². The quantitative estimate of drug-likeness (QED) is 0.743. The molecule has 4 rings (SSSR count). The molecule has 1 aliphatic carbocycles. The first-order valence-corrected chi connectivity index (χ1v) is 10.1. The predicted molar refractivity (Wildman–Crippen MR) is 105 cm³/mol. The van der Waals surface area contributed by atoms with Crippen molar-refractivity contribution in [3.63, 3.8) is 0 Å². The van der Waals surface area contributed by atoms with Gasteiger partial charge in [-0.3, -0.25) is 9.69 Å². The zero-order valence-electron chi connectivity index (χ0n) is 16.4. The molecule has 2 heterocycles. The number of aromatic amines is 1. The molecule has 3 atom stereocenters. The second kappa shape index (κ2) is 7.89. The van der Waals surface area contributed by atoms with Crippen molar-refractivity contribution in [2.45, 2.75) is 32.4 Å². The lowest BCUT2D eigenvalue weighted by Crippen LogP contribution is -2.33. The van der Waals surface area contributed by atoms with E-state index < -0.39 is 12.7 Å². The molecule has 0 unspecified atom stereocenters. The molecule has 0 radical (unpaired) electrons. The Kier molecular flexibility index (Phi) is 5.46. The molecular weight excluding hydrogens is 383 g/mol. The number of nitrogens with one attached hydrogen (secondary N) is 2. The number of carbonyl (C=O) groups excluding carboxylic acids is 1. The number of carbonyl (C=O) groups is 1. The van der Waals surface area contributed by atoms with Gasteiger partial charge in [0.1, 0.15) is 5.75 Å². The Morgan fingerprint density at radius 2 is 2.00 bits per heavy atom. The Bertz CT molecular complexity index is 866. The van der Waals surface area contributed by atoms with Gasteiger partial charge in [-0.2, -0.15) is 13.2 Å². The van der Waals surface area contributed by atoms with E-state index in [1.807, 2.05) is 18.2 Å². The fourth-order valence-corrected chi connectivity index (χ4v) is 4.97. The molecule has 1 saturated carbocycles. The number of fused-ring (bicyclic) bond motifs is 2. The maximum atomic E-state index is 12.6. The lowest BCUT2D eigenvalue weighted by molar-refractivity contribution is -0.144. The van der Waals surface area contributed by atoms with Crippen molar-refractivity contribution in [2.24, 2.45) is 17.8 Å². The summed E-state index contributed by atoms with van der Waals surface area (Å²) in [6, 6.07) is 5.73. The normalized spacial score (nSPS) is 24.8. The number of hydrogen-bond donors (Lipinski definition) is 2. The van der Waals surface area contributed by atoms with E-state index in [4.69, 9.17) is 4.74 Å². The summed E-state index contributed by atoms with van der Waals surface area (Å²) in [6.07, 6.45) is 0.551. The first-order valence-electron chi connectivity index (χ1n) is 10.1. The Morgan fingerprint density at radius 3 is 2.66 bits per heavy atom. The first kappa shape index (κ1) is 20.1. The Hall–Kier alpha value is -2.22. The number of aromatic nitrogens is 1. The van der Waals surface area contributed by atoms with E-state index in [1.54, 1.807) is 11.1 Å². The largest absolute Gasteiger partial charge is 0.494 e. The van der Waals surface area contributed by atoms with Crippen LogP contribution in [-0.4, -0.2) is 48.2 Å². The minimum Gasteiger partial charge on any atom is -0.494 e. The number of alkyl halides is 3. The fourth-order valence-electron chi connectivity index (χ4n) is 4.97. The second-order valence-corrected chi connectivity index (χ2v) is 8.39. The highest BCUT2D eigenvalue weighted by Crippen LogP contribution is 2.43. The van der Waals surface area contributed by atoms with Crippen molar-refractivity contribution in [2.75, 3.05) is 31.6 Å². The van der Waals surface area contributed by atoms with E-state index in [0.717, 1.165) is 41.6 Å². The molecule has 1 aromatic carbocycles. The number of H-pyrrole nitrogens is 1. The number of ether oxygens (including phenoxy) is 1. The van der Waals surface area contributed by atoms with Gasteiger partial charge >= 0.3 is 6.18 Å². The van der Waals surface area contributed by atoms with Gasteiger partial charge in [0.05, 0.1) is 18.8 Å². The molecule has 2 N–H and O–H groups in total. The molecule has 8 heteroatoms. The third-order valence-corrected chi connectivity index (χ3v) is 6.09. The highest BCUT2D eigenvalue weighted by molar-refractivity contribution is 6.01. The van der Waals surface area contributed by atoms with E-state index in [0.29, 0.717) is 37.5 Å². The minimum absolute atomic E-state index is 0.127. The first-order chi connectivity index (χ1) is 13.8. The molecular formula is C21H26F3N3O2. The van der Waals surface area contributed by atoms with Gasteiger partial charge in [-0.1, -0.05) is 0 Å². The zero-order valence-corrected chi connectivity index (χ0v) is 16.4. The van der Waals surface area contributed by atoms with Crippen LogP contribution < -0.4 is 10.1 Å². The van der Waals surface area contributed by atoms with E-state index in [9.17, 15) is 18.0 Å². The molecule has 158 valence electrons. The minimum atomic E-state index is -4.10. The maximum Gasteiger partial charge on any atom is 0.401 e. The van der Waals surface area contributed by atoms with E-state index in [-0.39, 0.29) is 5.91 Å². The van der Waals surface area contributed by atoms with Crippen LogP contribution >= 0.6 is 0 Å². The smallest absolute Gasteiger partial charge is 0.401 e. The molecule has 1 amide bonds. The lowest BCUT2D eigenvalue weighted by Gasteiger charge is -2.20. The third-order valence-electron chi connectivity index (χ3n) is 6.09. The standard InChI is InChI=1S/C21H26F3N3O2/c1-13(28)26-20-9-25-19-3-2-17(8-18(19)20)29-5-4-14-6-15-10-27(11-16(15)7-14)12-21(22,23)24/h2-3,8-9,14-16,25H,4-7,10-12H2,1H3,(H,26,28)/t14-,15-,16+. The van der Waals surface area contributed by atoms with Crippen LogP contribution in [0.15, 0.2) is 24.4 Å². The van der Waals surface area contributed by atoms with Crippen LogP contribution in [0.5, 0.6) is 5.75 Å². The number of halogens is 3. The third kappa shape index (κ3) is 4.86. The van der Waals surface area contributed by atoms with Gasteiger partial charge in [0, 0.05) is 37.1 Å². The van der Waals surface area contributed by atoms with Crippen molar-refractivity contribution in [1.82, 2.24) is 9.88 Å². The van der Waals surface area contributed by atoms with Crippen molar-refractivity contribution in [3.8, 4) is 5.75 Å². The zero-order chi connectivity index (χ0) is 20.6. The highest BCUT2D eigenvalue weighted by Gasteiger charge is 2.43. The van der Waals surface area contributed by atoms with Crippen LogP contribution in [0, 0.1) is 17.8 Å². The number of hydrogen-bond acceptors (Lipinski definition) is 3. The van der Waals surface area contributed by atoms with Gasteiger partial charge in [0.25, 0.3) is 0 Å². The summed E-state index contributed by atoms with van der Waals surface area (Å²) in [6.45, 7) is 2.41. The molecule has 1 aromatic heterocycles. The summed E-state index contributed by atoms with van der Waals surface area (Å²) >= 11 is 0. The van der Waals surface area contributed by atoms with Crippen LogP contribution in [0.2, 0.25) is 0 Å². The van der Waals surface area contributed by atoms with Crippen molar-refractivity contribution in [3.05, 3.63) is 24.4 Å². The Labute approximate surface area is 167 Å². The van der Waals surface area contributed by atoms with Crippen LogP contribution in [-0.2, 0) is 4.79 Å². The summed E-state index contributed by atoms with van der Waals surface area (Å²) in [5, 5.41) is 3.70. The topological polar surface area (TPSA) is 57.4 Å². The number of nitrogens with zero attached hydrogens (tertiary/aromatic N) is 1. The molecule has 2 aromatic rings. The number of likely N-dealkylation sites (tertiary alicyclic amines) is 1. The van der Waals surface area contributed by atoms with Gasteiger partial charge in [-0.25, -0.2) is 0 Å². The van der Waals surface area contributed by atoms with E-state index in [1.165, 1.54) is 6.92 Å². The van der Waals surface area contributed by atoms with Crippen LogP contribution in [0.1, 0.15) is 26.2 Å².